The molecule has 0 aliphatic heterocycles. The molecule has 1 aromatic heterocycles. The molecule has 94 valence electrons. The average molecular weight is 345 g/mol. The van der Waals surface area contributed by atoms with E-state index in [1.165, 1.54) is 0 Å². The Bertz CT molecular complexity index is 524. The van der Waals surface area contributed by atoms with Crippen LogP contribution in [0.2, 0.25) is 5.02 Å². The number of benzene rings is 1. The quantitative estimate of drug-likeness (QED) is 0.581. The Morgan fingerprint density at radius 3 is 2.94 bits per heavy atom. The molecule has 0 amide bonds. The first-order valence-electron chi connectivity index (χ1n) is 5.37. The van der Waals surface area contributed by atoms with E-state index >= 15 is 0 Å². The van der Waals surface area contributed by atoms with E-state index in [-0.39, 0.29) is 0 Å². The molecule has 0 aliphatic rings. The van der Waals surface area contributed by atoms with Crippen molar-refractivity contribution in [2.24, 2.45) is 0 Å². The third kappa shape index (κ3) is 4.19. The predicted octanol–water partition coefficient (Wildman–Crippen LogP) is 4.67. The van der Waals surface area contributed by atoms with Crippen molar-refractivity contribution in [1.82, 2.24) is 4.98 Å². The van der Waals surface area contributed by atoms with Gasteiger partial charge in [0.15, 0.2) is 0 Å². The van der Waals surface area contributed by atoms with Crippen LogP contribution in [0, 0.1) is 0 Å². The summed E-state index contributed by atoms with van der Waals surface area (Å²) < 4.78 is 6.64. The van der Waals surface area contributed by atoms with E-state index in [0.29, 0.717) is 11.6 Å². The van der Waals surface area contributed by atoms with E-state index in [1.807, 2.05) is 36.4 Å². The van der Waals surface area contributed by atoms with Crippen molar-refractivity contribution in [2.75, 3.05) is 12.4 Å². The lowest BCUT2D eigenvalue weighted by Crippen LogP contribution is -2.00. The fourth-order valence-electron chi connectivity index (χ4n) is 1.33. The van der Waals surface area contributed by atoms with E-state index in [0.717, 1.165) is 21.0 Å². The van der Waals surface area contributed by atoms with Crippen LogP contribution in [0.15, 0.2) is 52.1 Å². The Balaban J connectivity index is 1.78. The molecular weight excluding hydrogens is 334 g/mol. The molecule has 2 aromatic rings. The van der Waals surface area contributed by atoms with Crippen LogP contribution < -0.4 is 4.74 Å². The van der Waals surface area contributed by atoms with Crippen LogP contribution in [0.1, 0.15) is 0 Å². The number of hydrogen-bond acceptors (Lipinski definition) is 3. The SMILES string of the molecule is Clc1cccnc1SCCOc1cccc(Br)c1. The topological polar surface area (TPSA) is 22.1 Å². The van der Waals surface area contributed by atoms with Gasteiger partial charge in [-0.3, -0.25) is 0 Å². The Labute approximate surface area is 124 Å². The molecular formula is C13H11BrClNOS. The van der Waals surface area contributed by atoms with Crippen molar-refractivity contribution < 1.29 is 4.74 Å². The number of pyridine rings is 1. The van der Waals surface area contributed by atoms with Gasteiger partial charge in [-0.25, -0.2) is 4.98 Å². The summed E-state index contributed by atoms with van der Waals surface area (Å²) in [7, 11) is 0. The largest absolute Gasteiger partial charge is 0.493 e. The van der Waals surface area contributed by atoms with Gasteiger partial charge < -0.3 is 4.74 Å². The first-order chi connectivity index (χ1) is 8.75. The second-order valence-corrected chi connectivity index (χ2v) is 5.85. The minimum Gasteiger partial charge on any atom is -0.493 e. The van der Waals surface area contributed by atoms with Gasteiger partial charge in [0.1, 0.15) is 10.8 Å². The van der Waals surface area contributed by atoms with Crippen molar-refractivity contribution in [2.45, 2.75) is 5.03 Å². The molecule has 0 fully saturated rings. The zero-order valence-corrected chi connectivity index (χ0v) is 12.6. The summed E-state index contributed by atoms with van der Waals surface area (Å²) in [6, 6.07) is 11.5. The molecule has 0 atom stereocenters. The number of rotatable bonds is 5. The van der Waals surface area contributed by atoms with Crippen molar-refractivity contribution in [3.05, 3.63) is 52.1 Å². The van der Waals surface area contributed by atoms with E-state index in [4.69, 9.17) is 16.3 Å². The summed E-state index contributed by atoms with van der Waals surface area (Å²) in [5.41, 5.74) is 0. The van der Waals surface area contributed by atoms with Crippen LogP contribution in [0.25, 0.3) is 0 Å². The molecule has 1 heterocycles. The van der Waals surface area contributed by atoms with Crippen molar-refractivity contribution in [3.63, 3.8) is 0 Å². The average Bonchev–Trinajstić information content (AvgIpc) is 2.37. The highest BCUT2D eigenvalue weighted by molar-refractivity contribution is 9.10. The molecule has 5 heteroatoms. The van der Waals surface area contributed by atoms with Gasteiger partial charge in [0, 0.05) is 16.4 Å². The van der Waals surface area contributed by atoms with Crippen molar-refractivity contribution in [1.29, 1.82) is 0 Å². The van der Waals surface area contributed by atoms with Gasteiger partial charge in [-0.2, -0.15) is 0 Å². The number of ether oxygens (including phenoxy) is 1. The highest BCUT2D eigenvalue weighted by Crippen LogP contribution is 2.24. The monoisotopic (exact) mass is 343 g/mol. The zero-order valence-electron chi connectivity index (χ0n) is 9.48. The smallest absolute Gasteiger partial charge is 0.120 e. The first kappa shape index (κ1) is 13.7. The van der Waals surface area contributed by atoms with E-state index in [2.05, 4.69) is 20.9 Å². The lowest BCUT2D eigenvalue weighted by atomic mass is 10.3. The maximum atomic E-state index is 6.01. The van der Waals surface area contributed by atoms with Gasteiger partial charge in [0.05, 0.1) is 11.6 Å². The number of nitrogens with zero attached hydrogens (tertiary/aromatic N) is 1. The highest BCUT2D eigenvalue weighted by Gasteiger charge is 2.01. The molecule has 0 N–H and O–H groups in total. The summed E-state index contributed by atoms with van der Waals surface area (Å²) in [5.74, 6) is 1.67. The van der Waals surface area contributed by atoms with Crippen LogP contribution in [0.3, 0.4) is 0 Å². The van der Waals surface area contributed by atoms with Crippen LogP contribution >= 0.6 is 39.3 Å². The number of halogens is 2. The summed E-state index contributed by atoms with van der Waals surface area (Å²) >= 11 is 11.0. The van der Waals surface area contributed by atoms with Crippen molar-refractivity contribution >= 4 is 39.3 Å². The summed E-state index contributed by atoms with van der Waals surface area (Å²) in [5, 5.41) is 1.53. The molecule has 0 bridgehead atoms. The Morgan fingerprint density at radius 1 is 1.28 bits per heavy atom. The maximum absolute atomic E-state index is 6.01. The fraction of sp³-hybridized carbons (Fsp3) is 0.154. The molecule has 0 unspecified atom stereocenters. The second-order valence-electron chi connectivity index (χ2n) is 3.44. The lowest BCUT2D eigenvalue weighted by Gasteiger charge is -2.06. The summed E-state index contributed by atoms with van der Waals surface area (Å²) in [6.45, 7) is 0.619. The summed E-state index contributed by atoms with van der Waals surface area (Å²) in [4.78, 5) is 4.20. The molecule has 0 saturated carbocycles. The van der Waals surface area contributed by atoms with Gasteiger partial charge in [-0.05, 0) is 30.3 Å². The number of hydrogen-bond donors (Lipinski definition) is 0. The molecule has 0 spiro atoms. The second kappa shape index (κ2) is 7.02. The van der Waals surface area contributed by atoms with Crippen LogP contribution in [0.5, 0.6) is 5.75 Å². The van der Waals surface area contributed by atoms with Crippen LogP contribution in [0.4, 0.5) is 0 Å². The Kier molecular flexibility index (Phi) is 5.35. The molecule has 0 saturated heterocycles. The molecule has 2 rings (SSSR count). The van der Waals surface area contributed by atoms with Gasteiger partial charge in [0.25, 0.3) is 0 Å². The standard InChI is InChI=1S/C13H11BrClNOS/c14-10-3-1-4-11(9-10)17-7-8-18-13-12(15)5-2-6-16-13/h1-6,9H,7-8H2. The third-order valence-electron chi connectivity index (χ3n) is 2.11. The minimum absolute atomic E-state index is 0.619. The van der Waals surface area contributed by atoms with Crippen LogP contribution in [-0.2, 0) is 0 Å². The number of aromatic nitrogens is 1. The molecule has 1 aromatic carbocycles. The maximum Gasteiger partial charge on any atom is 0.120 e. The first-order valence-corrected chi connectivity index (χ1v) is 7.53. The van der Waals surface area contributed by atoms with E-state index < -0.39 is 0 Å². The number of thioether (sulfide) groups is 1. The van der Waals surface area contributed by atoms with E-state index in [9.17, 15) is 0 Å². The molecule has 2 nitrogen and oxygen atoms in total. The van der Waals surface area contributed by atoms with Crippen LogP contribution in [-0.4, -0.2) is 17.3 Å². The Morgan fingerprint density at radius 2 is 2.17 bits per heavy atom. The van der Waals surface area contributed by atoms with Gasteiger partial charge in [-0.1, -0.05) is 33.6 Å². The molecule has 18 heavy (non-hydrogen) atoms. The van der Waals surface area contributed by atoms with Gasteiger partial charge in [-0.15, -0.1) is 11.8 Å². The van der Waals surface area contributed by atoms with Gasteiger partial charge >= 0.3 is 0 Å². The predicted molar refractivity (Wildman–Crippen MR) is 79.6 cm³/mol. The molecule has 0 aliphatic carbocycles. The highest BCUT2D eigenvalue weighted by atomic mass is 79.9. The third-order valence-corrected chi connectivity index (χ3v) is 3.99. The lowest BCUT2D eigenvalue weighted by molar-refractivity contribution is 0.343. The van der Waals surface area contributed by atoms with Gasteiger partial charge in [0.2, 0.25) is 0 Å². The molecule has 0 radical (unpaired) electrons. The summed E-state index contributed by atoms with van der Waals surface area (Å²) in [6.07, 6.45) is 1.74. The van der Waals surface area contributed by atoms with E-state index in [1.54, 1.807) is 18.0 Å². The normalized spacial score (nSPS) is 10.3. The Hall–Kier alpha value is -0.710. The minimum atomic E-state index is 0.619. The zero-order chi connectivity index (χ0) is 12.8. The fourth-order valence-corrected chi connectivity index (χ4v) is 2.70. The van der Waals surface area contributed by atoms with Crippen molar-refractivity contribution in [3.8, 4) is 5.75 Å².